The monoisotopic (exact) mass is 407 g/mol. The minimum absolute atomic E-state index is 0.130. The van der Waals surface area contributed by atoms with Gasteiger partial charge < -0.3 is 16.4 Å². The molecule has 1 aromatic carbocycles. The highest BCUT2D eigenvalue weighted by Crippen LogP contribution is 2.63. The lowest BCUT2D eigenvalue weighted by atomic mass is 9.48. The van der Waals surface area contributed by atoms with Gasteiger partial charge in [-0.15, -0.1) is 0 Å². The van der Waals surface area contributed by atoms with Crippen LogP contribution < -0.4 is 16.4 Å². The van der Waals surface area contributed by atoms with Crippen molar-refractivity contribution in [2.75, 3.05) is 11.1 Å². The zero-order valence-corrected chi connectivity index (χ0v) is 18.0. The number of hydrogen-bond acceptors (Lipinski definition) is 3. The molecule has 1 aromatic rings. The van der Waals surface area contributed by atoms with Crippen molar-refractivity contribution in [2.24, 2.45) is 28.6 Å². The molecular formula is C25H33N3O2. The average molecular weight is 408 g/mol. The van der Waals surface area contributed by atoms with Crippen LogP contribution in [0, 0.1) is 28.6 Å². The van der Waals surface area contributed by atoms with Crippen molar-refractivity contribution in [3.63, 3.8) is 0 Å². The van der Waals surface area contributed by atoms with Gasteiger partial charge in [-0.3, -0.25) is 9.59 Å². The molecule has 6 atom stereocenters. The third-order valence-electron chi connectivity index (χ3n) is 8.98. The van der Waals surface area contributed by atoms with Gasteiger partial charge in [0.05, 0.1) is 0 Å². The Hall–Kier alpha value is -2.30. The van der Waals surface area contributed by atoms with Crippen molar-refractivity contribution < 1.29 is 9.59 Å². The SMILES string of the molecule is C[C@@]12CCC[C@H]1[C@@H]1CCC3NC(=O)C(C(=O)Nc4ccc(N)cc4)=C[C@]3(C)[C@@H]1CC2. The molecule has 160 valence electrons. The fourth-order valence-electron chi connectivity index (χ4n) is 7.37. The van der Waals surface area contributed by atoms with Crippen molar-refractivity contribution in [3.8, 4) is 0 Å². The summed E-state index contributed by atoms with van der Waals surface area (Å²) < 4.78 is 0. The Kier molecular flexibility index (Phi) is 4.49. The summed E-state index contributed by atoms with van der Waals surface area (Å²) >= 11 is 0. The lowest BCUT2D eigenvalue weighted by molar-refractivity contribution is -0.126. The molecule has 5 nitrogen and oxygen atoms in total. The second-order valence-electron chi connectivity index (χ2n) is 10.6. The number of fused-ring (bicyclic) bond motifs is 5. The molecule has 1 heterocycles. The molecule has 1 unspecified atom stereocenters. The summed E-state index contributed by atoms with van der Waals surface area (Å²) in [6.07, 6.45) is 10.8. The van der Waals surface area contributed by atoms with E-state index < -0.39 is 0 Å². The smallest absolute Gasteiger partial charge is 0.260 e. The summed E-state index contributed by atoms with van der Waals surface area (Å²) in [5, 5.41) is 6.07. The van der Waals surface area contributed by atoms with Gasteiger partial charge in [0.2, 0.25) is 0 Å². The quantitative estimate of drug-likeness (QED) is 0.506. The lowest BCUT2D eigenvalue weighted by Crippen LogP contribution is -2.60. The van der Waals surface area contributed by atoms with Crippen molar-refractivity contribution in [2.45, 2.75) is 64.8 Å². The number of benzene rings is 1. The number of anilines is 2. The van der Waals surface area contributed by atoms with E-state index in [2.05, 4.69) is 24.5 Å². The van der Waals surface area contributed by atoms with Gasteiger partial charge in [0.25, 0.3) is 11.8 Å². The average Bonchev–Trinajstić information content (AvgIpc) is 3.11. The van der Waals surface area contributed by atoms with E-state index in [0.717, 1.165) is 12.3 Å². The van der Waals surface area contributed by atoms with Crippen LogP contribution in [0.1, 0.15) is 58.8 Å². The normalized spacial score (nSPS) is 39.8. The number of carbonyl (C=O) groups is 2. The third kappa shape index (κ3) is 2.97. The zero-order chi connectivity index (χ0) is 21.1. The number of nitrogen functional groups attached to an aromatic ring is 1. The summed E-state index contributed by atoms with van der Waals surface area (Å²) in [5.41, 5.74) is 7.62. The molecule has 30 heavy (non-hydrogen) atoms. The van der Waals surface area contributed by atoms with Gasteiger partial charge in [-0.05, 0) is 86.0 Å². The maximum Gasteiger partial charge on any atom is 0.260 e. The Morgan fingerprint density at radius 1 is 1.07 bits per heavy atom. The van der Waals surface area contributed by atoms with Gasteiger partial charge in [0.1, 0.15) is 5.57 Å². The maximum atomic E-state index is 13.0. The Morgan fingerprint density at radius 3 is 2.60 bits per heavy atom. The molecule has 5 heteroatoms. The molecule has 0 radical (unpaired) electrons. The van der Waals surface area contributed by atoms with E-state index in [4.69, 9.17) is 5.73 Å². The van der Waals surface area contributed by atoms with Gasteiger partial charge in [0.15, 0.2) is 0 Å². The molecule has 3 saturated carbocycles. The summed E-state index contributed by atoms with van der Waals surface area (Å²) in [6.45, 7) is 4.78. The predicted molar refractivity (Wildman–Crippen MR) is 119 cm³/mol. The molecule has 5 rings (SSSR count). The van der Waals surface area contributed by atoms with Crippen molar-refractivity contribution in [3.05, 3.63) is 35.9 Å². The second-order valence-corrected chi connectivity index (χ2v) is 10.6. The van der Waals surface area contributed by atoms with Gasteiger partial charge >= 0.3 is 0 Å². The lowest BCUT2D eigenvalue weighted by Gasteiger charge is -2.58. The van der Waals surface area contributed by atoms with Crippen molar-refractivity contribution in [1.29, 1.82) is 0 Å². The van der Waals surface area contributed by atoms with Crippen LogP contribution in [-0.4, -0.2) is 17.9 Å². The van der Waals surface area contributed by atoms with Crippen LogP contribution in [0.5, 0.6) is 0 Å². The Bertz CT molecular complexity index is 907. The predicted octanol–water partition coefficient (Wildman–Crippen LogP) is 4.26. The third-order valence-corrected chi connectivity index (χ3v) is 8.98. The van der Waals surface area contributed by atoms with E-state index in [1.807, 2.05) is 6.08 Å². The molecule has 1 aliphatic heterocycles. The molecule has 4 aliphatic rings. The first-order valence-corrected chi connectivity index (χ1v) is 11.5. The number of amides is 2. The van der Waals surface area contributed by atoms with Crippen LogP contribution in [-0.2, 0) is 9.59 Å². The number of rotatable bonds is 2. The number of nitrogens with two attached hydrogens (primary N) is 1. The van der Waals surface area contributed by atoms with E-state index >= 15 is 0 Å². The highest BCUT2D eigenvalue weighted by molar-refractivity contribution is 6.23. The molecule has 0 saturated heterocycles. The fourth-order valence-corrected chi connectivity index (χ4v) is 7.37. The van der Waals surface area contributed by atoms with E-state index in [0.29, 0.717) is 28.6 Å². The molecule has 2 amide bonds. The Balaban J connectivity index is 1.44. The summed E-state index contributed by atoms with van der Waals surface area (Å²) in [4.78, 5) is 25.8. The molecule has 3 fully saturated rings. The molecule has 0 spiro atoms. The Labute approximate surface area is 178 Å². The zero-order valence-electron chi connectivity index (χ0n) is 18.0. The molecule has 0 aromatic heterocycles. The van der Waals surface area contributed by atoms with Crippen LogP contribution in [0.15, 0.2) is 35.9 Å². The van der Waals surface area contributed by atoms with E-state index in [9.17, 15) is 9.59 Å². The highest BCUT2D eigenvalue weighted by Gasteiger charge is 2.58. The fraction of sp³-hybridized carbons (Fsp3) is 0.600. The first-order chi connectivity index (χ1) is 14.3. The van der Waals surface area contributed by atoms with Gasteiger partial charge in [-0.25, -0.2) is 0 Å². The van der Waals surface area contributed by atoms with Crippen LogP contribution in [0.3, 0.4) is 0 Å². The van der Waals surface area contributed by atoms with E-state index in [1.165, 1.54) is 38.5 Å². The Morgan fingerprint density at radius 2 is 1.83 bits per heavy atom. The minimum atomic E-state index is -0.333. The van der Waals surface area contributed by atoms with Gasteiger partial charge in [-0.2, -0.15) is 0 Å². The minimum Gasteiger partial charge on any atom is -0.399 e. The summed E-state index contributed by atoms with van der Waals surface area (Å²) in [5.74, 6) is 1.46. The molecule has 0 bridgehead atoms. The first-order valence-electron chi connectivity index (χ1n) is 11.5. The second kappa shape index (κ2) is 6.86. The number of carbonyl (C=O) groups excluding carboxylic acids is 2. The van der Waals surface area contributed by atoms with E-state index in [1.54, 1.807) is 24.3 Å². The van der Waals surface area contributed by atoms with Crippen LogP contribution >= 0.6 is 0 Å². The molecular weight excluding hydrogens is 374 g/mol. The van der Waals surface area contributed by atoms with Crippen LogP contribution in [0.2, 0.25) is 0 Å². The van der Waals surface area contributed by atoms with Crippen LogP contribution in [0.25, 0.3) is 0 Å². The van der Waals surface area contributed by atoms with E-state index in [-0.39, 0.29) is 28.8 Å². The van der Waals surface area contributed by atoms with Crippen molar-refractivity contribution >= 4 is 23.2 Å². The summed E-state index contributed by atoms with van der Waals surface area (Å²) in [6, 6.07) is 7.14. The number of nitrogens with one attached hydrogen (secondary N) is 2. The standard InChI is InChI=1S/C25H33N3O2/c1-24-12-3-4-19(24)17-9-10-21-25(2,20(17)11-13-24)14-18(23(30)28-21)22(29)27-16-7-5-15(26)6-8-16/h5-8,14,17,19-21H,3-4,9-13,26H2,1-2H3,(H,27,29)(H,28,30)/t17-,19-,20+,21?,24-,25+/m0/s1. The van der Waals surface area contributed by atoms with Gasteiger partial charge in [-0.1, -0.05) is 26.3 Å². The highest BCUT2D eigenvalue weighted by atomic mass is 16.2. The molecule has 3 aliphatic carbocycles. The number of hydrogen-bond donors (Lipinski definition) is 3. The van der Waals surface area contributed by atoms with Crippen molar-refractivity contribution in [1.82, 2.24) is 5.32 Å². The molecule has 4 N–H and O–H groups in total. The largest absolute Gasteiger partial charge is 0.399 e. The summed E-state index contributed by atoms with van der Waals surface area (Å²) in [7, 11) is 0. The topological polar surface area (TPSA) is 84.2 Å². The van der Waals surface area contributed by atoms with Gasteiger partial charge in [0, 0.05) is 22.8 Å². The first kappa shape index (κ1) is 19.7. The van der Waals surface area contributed by atoms with Crippen LogP contribution in [0.4, 0.5) is 11.4 Å². The maximum absolute atomic E-state index is 13.0.